The number of hydrogen-bond acceptors (Lipinski definition) is 11. The summed E-state index contributed by atoms with van der Waals surface area (Å²) < 4.78 is 49.6. The van der Waals surface area contributed by atoms with Gasteiger partial charge in [0.1, 0.15) is 17.5 Å². The Kier molecular flexibility index (Phi) is 11.8. The van der Waals surface area contributed by atoms with Gasteiger partial charge < -0.3 is 20.1 Å². The molecule has 1 aromatic carbocycles. The number of ketones is 1. The first-order chi connectivity index (χ1) is 26.8. The fourth-order valence-corrected chi connectivity index (χ4v) is 9.26. The van der Waals surface area contributed by atoms with Crippen LogP contribution in [0.5, 0.6) is 0 Å². The summed E-state index contributed by atoms with van der Waals surface area (Å²) in [4.78, 5) is 87.8. The topological polar surface area (TPSA) is 212 Å². The number of allylic oxidation sites excluding steroid dienone is 2. The standard InChI is InChI=1S/C39H49FN6O10S/c1-6-31(48)44(5)22-10-9-21-18-27(21)41-20-23-8-7-17-45(23)29(15-16-30(47)28(19-22)42-37(51)56-39(2,3)4)25-13-14-26-32(33(25)40)36(50)46(38(52)53)34(26)35(49)43-57(54,55)24-11-12-24/h6,13-14,20,22-24,28-29,34H,1,7-12,15-19H2,2-5H3,(H,42,51)(H,43,49)(H,52,53)/t22?,23-,28-,29+,34+/m0/s1. The SMILES string of the molecule is C=CC(=O)N(C)C1CCC2=C(C2)N=C[C@@H]2CCCN2[C@@H](c2ccc3c(c2F)C(=O)N(C(=O)O)[C@H]3C(=O)NS(=O)(=O)C2CC2)CCC(=O)[C@@H](NC(=O)OC(C)(C)C)C1. The van der Waals surface area contributed by atoms with Crippen LogP contribution < -0.4 is 10.0 Å². The van der Waals surface area contributed by atoms with Gasteiger partial charge in [0.25, 0.3) is 11.8 Å². The van der Waals surface area contributed by atoms with E-state index in [1.807, 2.05) is 9.62 Å². The summed E-state index contributed by atoms with van der Waals surface area (Å²) in [5, 5.41) is 11.9. The first-order valence-electron chi connectivity index (χ1n) is 19.2. The third kappa shape index (κ3) is 9.11. The molecule has 6 rings (SSSR count). The predicted molar refractivity (Wildman–Crippen MR) is 204 cm³/mol. The molecule has 2 fully saturated rings. The fraction of sp³-hybridized carbons (Fsp3) is 0.564. The molecular weight excluding hydrogens is 764 g/mol. The van der Waals surface area contributed by atoms with Gasteiger partial charge in [0.05, 0.1) is 16.9 Å². The van der Waals surface area contributed by atoms with Crippen LogP contribution in [0.1, 0.15) is 119 Å². The van der Waals surface area contributed by atoms with Gasteiger partial charge in [-0.2, -0.15) is 0 Å². The number of aliphatic imine (C=N–C) groups is 1. The quantitative estimate of drug-likeness (QED) is 0.331. The lowest BCUT2D eigenvalue weighted by Crippen LogP contribution is -2.48. The van der Waals surface area contributed by atoms with Gasteiger partial charge in [-0.15, -0.1) is 0 Å². The van der Waals surface area contributed by atoms with E-state index in [-0.39, 0.29) is 47.2 Å². The number of Topliss-reactive ketones (excluding diaryl/α,β-unsaturated/α-hetero) is 1. The molecule has 5 amide bonds. The van der Waals surface area contributed by atoms with Gasteiger partial charge in [-0.25, -0.2) is 27.3 Å². The maximum Gasteiger partial charge on any atom is 0.415 e. The number of carboxylic acid groups (broad SMARTS) is 1. The largest absolute Gasteiger partial charge is 0.465 e. The highest BCUT2D eigenvalue weighted by molar-refractivity contribution is 7.90. The van der Waals surface area contributed by atoms with E-state index in [4.69, 9.17) is 9.73 Å². The summed E-state index contributed by atoms with van der Waals surface area (Å²) in [6, 6.07) is -2.14. The van der Waals surface area contributed by atoms with E-state index in [0.29, 0.717) is 51.5 Å². The molecular formula is C39H49FN6O10S. The summed E-state index contributed by atoms with van der Waals surface area (Å²) in [6.07, 6.45) is 3.86. The second kappa shape index (κ2) is 16.1. The van der Waals surface area contributed by atoms with Crippen LogP contribution in [-0.4, -0.2) is 113 Å². The van der Waals surface area contributed by atoms with Crippen LogP contribution >= 0.6 is 0 Å². The maximum atomic E-state index is 17.0. The third-order valence-electron chi connectivity index (χ3n) is 11.1. The molecule has 1 aromatic rings. The minimum absolute atomic E-state index is 0.00813. The first kappa shape index (κ1) is 41.7. The number of rotatable bonds is 7. The number of amides is 5. The Labute approximate surface area is 330 Å². The van der Waals surface area contributed by atoms with Crippen molar-refractivity contribution in [2.24, 2.45) is 4.99 Å². The van der Waals surface area contributed by atoms with Gasteiger partial charge in [-0.1, -0.05) is 18.7 Å². The van der Waals surface area contributed by atoms with Crippen molar-refractivity contribution in [3.8, 4) is 0 Å². The van der Waals surface area contributed by atoms with Gasteiger partial charge in [0.15, 0.2) is 5.78 Å². The van der Waals surface area contributed by atoms with E-state index in [0.717, 1.165) is 11.3 Å². The number of benzene rings is 1. The number of imide groups is 1. The zero-order valence-corrected chi connectivity index (χ0v) is 33.3. The van der Waals surface area contributed by atoms with E-state index in [1.165, 1.54) is 23.1 Å². The average Bonchev–Trinajstić information content (AvgIpc) is 4.05. The van der Waals surface area contributed by atoms with E-state index >= 15 is 4.39 Å². The summed E-state index contributed by atoms with van der Waals surface area (Å²) >= 11 is 0. The van der Waals surface area contributed by atoms with Crippen LogP contribution in [0.15, 0.2) is 41.1 Å². The van der Waals surface area contributed by atoms with E-state index in [1.54, 1.807) is 34.0 Å². The fourth-order valence-electron chi connectivity index (χ4n) is 7.95. The van der Waals surface area contributed by atoms with Crippen LogP contribution in [0.25, 0.3) is 0 Å². The zero-order chi connectivity index (χ0) is 41.6. The number of carbonyl (C=O) groups excluding carboxylic acids is 5. The average molecular weight is 813 g/mol. The maximum absolute atomic E-state index is 17.0. The lowest BCUT2D eigenvalue weighted by Gasteiger charge is -2.33. The Morgan fingerprint density at radius 1 is 1.07 bits per heavy atom. The van der Waals surface area contributed by atoms with Crippen molar-refractivity contribution in [2.75, 3.05) is 13.6 Å². The molecule has 1 unspecified atom stereocenters. The highest BCUT2D eigenvalue weighted by atomic mass is 32.2. The van der Waals surface area contributed by atoms with Crippen molar-refractivity contribution >= 4 is 51.9 Å². The molecule has 3 N–H and O–H groups in total. The van der Waals surface area contributed by atoms with Crippen LogP contribution in [0.4, 0.5) is 14.0 Å². The number of likely N-dealkylation sites (N-methyl/N-ethyl adjacent to an activating group) is 1. The van der Waals surface area contributed by atoms with Crippen LogP contribution in [0, 0.1) is 5.82 Å². The van der Waals surface area contributed by atoms with Crippen molar-refractivity contribution in [2.45, 2.75) is 126 Å². The minimum atomic E-state index is -4.14. The number of nitrogens with zero attached hydrogens (tertiary/aromatic N) is 4. The molecule has 16 nitrogen and oxygen atoms in total. The minimum Gasteiger partial charge on any atom is -0.465 e. The van der Waals surface area contributed by atoms with Crippen LogP contribution in [0.3, 0.4) is 0 Å². The van der Waals surface area contributed by atoms with E-state index in [2.05, 4.69) is 11.9 Å². The number of nitrogens with one attached hydrogen (secondary N) is 2. The van der Waals surface area contributed by atoms with Crippen molar-refractivity contribution in [1.29, 1.82) is 0 Å². The van der Waals surface area contributed by atoms with Crippen molar-refractivity contribution in [3.05, 3.63) is 58.6 Å². The smallest absolute Gasteiger partial charge is 0.415 e. The Morgan fingerprint density at radius 3 is 2.42 bits per heavy atom. The van der Waals surface area contributed by atoms with Crippen molar-refractivity contribution in [1.82, 2.24) is 24.7 Å². The number of ether oxygens (including phenoxy) is 1. The molecule has 1 saturated heterocycles. The molecule has 0 spiro atoms. The Bertz CT molecular complexity index is 2060. The normalized spacial score (nSPS) is 25.7. The second-order valence-corrected chi connectivity index (χ2v) is 18.2. The lowest BCUT2D eigenvalue weighted by atomic mass is 9.90. The molecule has 0 aromatic heterocycles. The number of carbonyl (C=O) groups is 6. The Morgan fingerprint density at radius 2 is 1.77 bits per heavy atom. The summed E-state index contributed by atoms with van der Waals surface area (Å²) in [5.41, 5.74) is 0.0779. The predicted octanol–water partition coefficient (Wildman–Crippen LogP) is 4.28. The summed E-state index contributed by atoms with van der Waals surface area (Å²) in [7, 11) is -2.54. The van der Waals surface area contributed by atoms with E-state index in [9.17, 15) is 42.3 Å². The molecule has 5 atom stereocenters. The van der Waals surface area contributed by atoms with Crippen molar-refractivity contribution in [3.63, 3.8) is 0 Å². The molecule has 2 aliphatic carbocycles. The molecule has 18 heteroatoms. The molecule has 0 bridgehead atoms. The number of hydrogen-bond donors (Lipinski definition) is 3. The molecule has 1 saturated carbocycles. The van der Waals surface area contributed by atoms with Gasteiger partial charge in [0.2, 0.25) is 15.9 Å². The Hall–Kier alpha value is -4.97. The van der Waals surface area contributed by atoms with Gasteiger partial charge >= 0.3 is 12.2 Å². The molecule has 3 aliphatic heterocycles. The molecule has 0 radical (unpaired) electrons. The highest BCUT2D eigenvalue weighted by Crippen LogP contribution is 2.42. The lowest BCUT2D eigenvalue weighted by molar-refractivity contribution is -0.128. The van der Waals surface area contributed by atoms with Gasteiger partial charge in [-0.05, 0) is 90.3 Å². The number of alkyl carbamates (subject to hydrolysis) is 1. The second-order valence-electron chi connectivity index (χ2n) is 16.3. The number of sulfonamides is 1. The summed E-state index contributed by atoms with van der Waals surface area (Å²) in [5.74, 6) is -4.49. The van der Waals surface area contributed by atoms with Crippen LogP contribution in [-0.2, 0) is 29.1 Å². The monoisotopic (exact) mass is 812 g/mol. The van der Waals surface area contributed by atoms with Crippen molar-refractivity contribution < 1.29 is 51.4 Å². The first-order valence-corrected chi connectivity index (χ1v) is 20.7. The number of fused-ring (bicyclic) bond motifs is 2. The third-order valence-corrected chi connectivity index (χ3v) is 13.0. The number of halogens is 1. The van der Waals surface area contributed by atoms with Gasteiger partial charge in [-0.3, -0.25) is 33.8 Å². The van der Waals surface area contributed by atoms with Crippen LogP contribution in [0.2, 0.25) is 0 Å². The molecule has 308 valence electrons. The zero-order valence-electron chi connectivity index (χ0n) is 32.5. The molecule has 57 heavy (non-hydrogen) atoms. The molecule has 3 heterocycles. The molecule has 5 aliphatic rings. The highest BCUT2D eigenvalue weighted by Gasteiger charge is 2.50. The Balaban J connectivity index is 1.38. The van der Waals surface area contributed by atoms with Gasteiger partial charge in [0, 0.05) is 61.1 Å². The summed E-state index contributed by atoms with van der Waals surface area (Å²) in [6.45, 7) is 9.11. The van der Waals surface area contributed by atoms with E-state index < -0.39 is 86.2 Å².